The summed E-state index contributed by atoms with van der Waals surface area (Å²) in [6.07, 6.45) is 0.766. The smallest absolute Gasteiger partial charge is 0.332 e. The molecule has 3 rings (SSSR count). The highest BCUT2D eigenvalue weighted by Crippen LogP contribution is 2.23. The molecule has 0 radical (unpaired) electrons. The number of nitrogens with zero attached hydrogens (tertiary/aromatic N) is 4. The largest absolute Gasteiger partial charge is 0.437 e. The zero-order valence-electron chi connectivity index (χ0n) is 14.2. The number of aryl methyl sites for hydroxylation is 1. The van der Waals surface area contributed by atoms with Gasteiger partial charge in [0.25, 0.3) is 5.56 Å². The van der Waals surface area contributed by atoms with Crippen molar-refractivity contribution in [2.24, 2.45) is 14.1 Å². The topological polar surface area (TPSA) is 88.1 Å². The Morgan fingerprint density at radius 2 is 1.84 bits per heavy atom. The van der Waals surface area contributed by atoms with Gasteiger partial charge < -0.3 is 4.74 Å². The lowest BCUT2D eigenvalue weighted by Crippen LogP contribution is -2.38. The lowest BCUT2D eigenvalue weighted by Gasteiger charge is -2.20. The molecule has 1 aromatic carbocycles. The van der Waals surface area contributed by atoms with Gasteiger partial charge in [0.1, 0.15) is 6.33 Å². The third kappa shape index (κ3) is 2.75. The summed E-state index contributed by atoms with van der Waals surface area (Å²) in [6.45, 7) is 1.69. The van der Waals surface area contributed by atoms with Gasteiger partial charge >= 0.3 is 11.7 Å². The second-order valence-corrected chi connectivity index (χ2v) is 5.64. The van der Waals surface area contributed by atoms with Crippen LogP contribution in [0.1, 0.15) is 25.1 Å². The Morgan fingerprint density at radius 1 is 1.16 bits per heavy atom. The SMILES string of the molecule is CCC(=O)OC(c1ccccc1)n1cnc2c1c(=O)n(C)c(=O)n2C. The molecule has 0 bridgehead atoms. The number of benzene rings is 1. The minimum Gasteiger partial charge on any atom is -0.437 e. The Labute approximate surface area is 142 Å². The van der Waals surface area contributed by atoms with Crippen molar-refractivity contribution in [1.82, 2.24) is 18.7 Å². The average Bonchev–Trinajstić information content (AvgIpc) is 3.08. The standard InChI is InChI=1S/C17H18N4O4/c1-4-12(22)25-16(11-8-6-5-7-9-11)21-10-18-14-13(21)15(23)20(3)17(24)19(14)2/h5-10,16H,4H2,1-3H3. The number of rotatable bonds is 4. The zero-order chi connectivity index (χ0) is 18.1. The number of carbonyl (C=O) groups excluding carboxylic acids is 1. The van der Waals surface area contributed by atoms with Crippen molar-refractivity contribution in [2.45, 2.75) is 19.6 Å². The summed E-state index contributed by atoms with van der Waals surface area (Å²) in [5, 5.41) is 0. The van der Waals surface area contributed by atoms with Crippen LogP contribution in [0.4, 0.5) is 0 Å². The number of fused-ring (bicyclic) bond motifs is 1. The summed E-state index contributed by atoms with van der Waals surface area (Å²) < 4.78 is 9.33. The Hall–Kier alpha value is -3.16. The Balaban J connectivity index is 2.29. The second kappa shape index (κ2) is 6.39. The van der Waals surface area contributed by atoms with Crippen molar-refractivity contribution >= 4 is 17.1 Å². The third-order valence-electron chi connectivity index (χ3n) is 4.04. The fourth-order valence-corrected chi connectivity index (χ4v) is 2.65. The maximum Gasteiger partial charge on any atom is 0.332 e. The van der Waals surface area contributed by atoms with Crippen molar-refractivity contribution in [2.75, 3.05) is 0 Å². The second-order valence-electron chi connectivity index (χ2n) is 5.64. The predicted octanol–water partition coefficient (Wildman–Crippen LogP) is 0.934. The molecule has 0 amide bonds. The Kier molecular flexibility index (Phi) is 4.26. The van der Waals surface area contributed by atoms with E-state index < -0.39 is 23.4 Å². The fraction of sp³-hybridized carbons (Fsp3) is 0.294. The van der Waals surface area contributed by atoms with Crippen molar-refractivity contribution < 1.29 is 9.53 Å². The van der Waals surface area contributed by atoms with Gasteiger partial charge in [0.15, 0.2) is 11.2 Å². The molecular weight excluding hydrogens is 324 g/mol. The van der Waals surface area contributed by atoms with Crippen LogP contribution in [0.2, 0.25) is 0 Å². The quantitative estimate of drug-likeness (QED) is 0.658. The molecule has 8 nitrogen and oxygen atoms in total. The van der Waals surface area contributed by atoms with E-state index in [0.717, 1.165) is 4.57 Å². The molecule has 0 saturated carbocycles. The molecule has 2 aromatic heterocycles. The van der Waals surface area contributed by atoms with Gasteiger partial charge in [-0.05, 0) is 0 Å². The number of ether oxygens (including phenoxy) is 1. The van der Waals surface area contributed by atoms with Gasteiger partial charge in [-0.3, -0.25) is 23.3 Å². The van der Waals surface area contributed by atoms with Gasteiger partial charge in [-0.15, -0.1) is 0 Å². The molecule has 0 saturated heterocycles. The van der Waals surface area contributed by atoms with E-state index in [4.69, 9.17) is 4.74 Å². The molecule has 0 fully saturated rings. The van der Waals surface area contributed by atoms with Crippen LogP contribution in [0.25, 0.3) is 11.2 Å². The van der Waals surface area contributed by atoms with Crippen LogP contribution in [-0.2, 0) is 23.6 Å². The van der Waals surface area contributed by atoms with E-state index in [1.54, 1.807) is 19.1 Å². The molecular formula is C17H18N4O4. The van der Waals surface area contributed by atoms with Gasteiger partial charge in [-0.1, -0.05) is 37.3 Å². The van der Waals surface area contributed by atoms with E-state index in [-0.39, 0.29) is 17.6 Å². The van der Waals surface area contributed by atoms with E-state index in [9.17, 15) is 14.4 Å². The predicted molar refractivity (Wildman–Crippen MR) is 91.2 cm³/mol. The van der Waals surface area contributed by atoms with Gasteiger partial charge in [0.2, 0.25) is 6.23 Å². The number of carbonyl (C=O) groups is 1. The first-order valence-corrected chi connectivity index (χ1v) is 7.82. The molecule has 2 heterocycles. The number of hydrogen-bond donors (Lipinski definition) is 0. The Morgan fingerprint density at radius 3 is 2.48 bits per heavy atom. The van der Waals surface area contributed by atoms with Crippen LogP contribution in [0.3, 0.4) is 0 Å². The van der Waals surface area contributed by atoms with E-state index in [1.807, 2.05) is 18.2 Å². The lowest BCUT2D eigenvalue weighted by atomic mass is 10.2. The number of imidazole rings is 1. The molecule has 1 atom stereocenters. The first kappa shape index (κ1) is 16.7. The van der Waals surface area contributed by atoms with Crippen molar-refractivity contribution in [3.8, 4) is 0 Å². The molecule has 130 valence electrons. The average molecular weight is 342 g/mol. The van der Waals surface area contributed by atoms with Gasteiger partial charge in [-0.2, -0.15) is 0 Å². The van der Waals surface area contributed by atoms with Crippen LogP contribution < -0.4 is 11.2 Å². The summed E-state index contributed by atoms with van der Waals surface area (Å²) in [7, 11) is 2.94. The van der Waals surface area contributed by atoms with Crippen molar-refractivity contribution in [1.29, 1.82) is 0 Å². The summed E-state index contributed by atoms with van der Waals surface area (Å²) in [6, 6.07) is 9.07. The minimum atomic E-state index is -0.844. The minimum absolute atomic E-state index is 0.197. The fourth-order valence-electron chi connectivity index (χ4n) is 2.65. The van der Waals surface area contributed by atoms with Crippen LogP contribution in [-0.4, -0.2) is 24.7 Å². The normalized spacial score (nSPS) is 12.3. The van der Waals surface area contributed by atoms with E-state index in [0.29, 0.717) is 5.56 Å². The van der Waals surface area contributed by atoms with Crippen molar-refractivity contribution in [3.63, 3.8) is 0 Å². The molecule has 25 heavy (non-hydrogen) atoms. The molecule has 0 aliphatic carbocycles. The summed E-state index contributed by atoms with van der Waals surface area (Å²) >= 11 is 0. The zero-order valence-corrected chi connectivity index (χ0v) is 14.2. The molecule has 0 spiro atoms. The van der Waals surface area contributed by atoms with Gasteiger partial charge in [0.05, 0.1) is 0 Å². The summed E-state index contributed by atoms with van der Waals surface area (Å²) in [5.41, 5.74) is 0.164. The molecule has 0 N–H and O–H groups in total. The number of aromatic nitrogens is 4. The Bertz CT molecular complexity index is 1050. The highest BCUT2D eigenvalue weighted by Gasteiger charge is 2.23. The maximum atomic E-state index is 12.6. The van der Waals surface area contributed by atoms with Crippen LogP contribution in [0, 0.1) is 0 Å². The third-order valence-corrected chi connectivity index (χ3v) is 4.04. The highest BCUT2D eigenvalue weighted by molar-refractivity contribution is 5.72. The first-order chi connectivity index (χ1) is 12.0. The van der Waals surface area contributed by atoms with Crippen molar-refractivity contribution in [3.05, 3.63) is 63.1 Å². The molecule has 0 aliphatic heterocycles. The summed E-state index contributed by atoms with van der Waals surface area (Å²) in [5.74, 6) is -0.405. The van der Waals surface area contributed by atoms with Crippen LogP contribution in [0.5, 0.6) is 0 Å². The summed E-state index contributed by atoms with van der Waals surface area (Å²) in [4.78, 5) is 40.8. The molecule has 1 unspecified atom stereocenters. The van der Waals surface area contributed by atoms with Crippen LogP contribution >= 0.6 is 0 Å². The van der Waals surface area contributed by atoms with Gasteiger partial charge in [0, 0.05) is 26.1 Å². The molecule has 3 aromatic rings. The van der Waals surface area contributed by atoms with Crippen LogP contribution in [0.15, 0.2) is 46.2 Å². The molecule has 0 aliphatic rings. The first-order valence-electron chi connectivity index (χ1n) is 7.82. The van der Waals surface area contributed by atoms with E-state index >= 15 is 0 Å². The van der Waals surface area contributed by atoms with E-state index in [1.165, 1.54) is 29.6 Å². The maximum absolute atomic E-state index is 12.6. The number of hydrogen-bond acceptors (Lipinski definition) is 5. The lowest BCUT2D eigenvalue weighted by molar-refractivity contribution is -0.150. The highest BCUT2D eigenvalue weighted by atomic mass is 16.6. The molecule has 8 heteroatoms. The number of esters is 1. The monoisotopic (exact) mass is 342 g/mol. The van der Waals surface area contributed by atoms with E-state index in [2.05, 4.69) is 4.98 Å². The van der Waals surface area contributed by atoms with Gasteiger partial charge in [-0.25, -0.2) is 9.78 Å².